The van der Waals surface area contributed by atoms with E-state index in [2.05, 4.69) is 10.6 Å². The summed E-state index contributed by atoms with van der Waals surface area (Å²) in [5.74, 6) is 0.517. The van der Waals surface area contributed by atoms with E-state index in [1.807, 2.05) is 0 Å². The summed E-state index contributed by atoms with van der Waals surface area (Å²) in [6.07, 6.45) is 0. The molecule has 0 saturated carbocycles. The van der Waals surface area contributed by atoms with E-state index in [-0.39, 0.29) is 17.6 Å². The number of methoxy groups -OCH3 is 1. The largest absolute Gasteiger partial charge is 0.497 e. The van der Waals surface area contributed by atoms with E-state index in [9.17, 15) is 9.59 Å². The van der Waals surface area contributed by atoms with Crippen LogP contribution in [0.2, 0.25) is 5.02 Å². The van der Waals surface area contributed by atoms with Gasteiger partial charge >= 0.3 is 0 Å². The number of benzene rings is 2. The lowest BCUT2D eigenvalue weighted by molar-refractivity contribution is -0.115. The van der Waals surface area contributed by atoms with Crippen molar-refractivity contribution in [2.24, 2.45) is 0 Å². The van der Waals surface area contributed by atoms with E-state index in [4.69, 9.17) is 16.3 Å². The molecule has 2 rings (SSSR count). The summed E-state index contributed by atoms with van der Waals surface area (Å²) >= 11 is 7.27. The molecular formula is C18H19ClN2O3S. The van der Waals surface area contributed by atoms with Crippen molar-refractivity contribution in [2.75, 3.05) is 23.5 Å². The van der Waals surface area contributed by atoms with Gasteiger partial charge in [0.05, 0.1) is 28.8 Å². The first kappa shape index (κ1) is 19.1. The molecule has 0 unspecified atom stereocenters. The van der Waals surface area contributed by atoms with Crippen molar-refractivity contribution in [3.05, 3.63) is 53.6 Å². The molecule has 0 bridgehead atoms. The van der Waals surface area contributed by atoms with Crippen LogP contribution in [-0.2, 0) is 9.59 Å². The SMILES string of the molecule is COc1ccc(NC(=O)CS[C@H](C)C(=O)Nc2ccccc2Cl)cc1. The number of hydrogen-bond donors (Lipinski definition) is 2. The maximum absolute atomic E-state index is 12.2. The Labute approximate surface area is 156 Å². The zero-order valence-corrected chi connectivity index (χ0v) is 15.5. The summed E-state index contributed by atoms with van der Waals surface area (Å²) in [5, 5.41) is 5.62. The van der Waals surface area contributed by atoms with Crippen LogP contribution in [0.15, 0.2) is 48.5 Å². The minimum Gasteiger partial charge on any atom is -0.497 e. The number of carbonyl (C=O) groups is 2. The van der Waals surface area contributed by atoms with Crippen molar-refractivity contribution in [3.63, 3.8) is 0 Å². The van der Waals surface area contributed by atoms with Gasteiger partial charge in [-0.1, -0.05) is 23.7 Å². The zero-order valence-electron chi connectivity index (χ0n) is 13.9. The van der Waals surface area contributed by atoms with E-state index in [0.29, 0.717) is 16.4 Å². The van der Waals surface area contributed by atoms with Gasteiger partial charge in [-0.05, 0) is 43.3 Å². The third kappa shape index (κ3) is 5.99. The molecule has 0 fully saturated rings. The van der Waals surface area contributed by atoms with Crippen molar-refractivity contribution < 1.29 is 14.3 Å². The maximum Gasteiger partial charge on any atom is 0.237 e. The Kier molecular flexibility index (Phi) is 7.16. The molecule has 0 saturated heterocycles. The van der Waals surface area contributed by atoms with E-state index >= 15 is 0 Å². The van der Waals surface area contributed by atoms with Crippen LogP contribution < -0.4 is 15.4 Å². The van der Waals surface area contributed by atoms with Crippen LogP contribution in [0.1, 0.15) is 6.92 Å². The molecule has 0 aliphatic carbocycles. The topological polar surface area (TPSA) is 67.4 Å². The summed E-state index contributed by atoms with van der Waals surface area (Å²) in [5.41, 5.74) is 1.24. The second-order valence-electron chi connectivity index (χ2n) is 5.20. The molecule has 0 spiro atoms. The van der Waals surface area contributed by atoms with Crippen LogP contribution >= 0.6 is 23.4 Å². The molecule has 0 aliphatic rings. The number of carbonyl (C=O) groups excluding carboxylic acids is 2. The van der Waals surface area contributed by atoms with Crippen LogP contribution in [0.25, 0.3) is 0 Å². The summed E-state index contributed by atoms with van der Waals surface area (Å²) in [6, 6.07) is 14.1. The molecule has 0 aliphatic heterocycles. The first-order chi connectivity index (χ1) is 12.0. The van der Waals surface area contributed by atoms with Gasteiger partial charge in [0.15, 0.2) is 0 Å². The van der Waals surface area contributed by atoms with Gasteiger partial charge in [0.2, 0.25) is 11.8 Å². The van der Waals surface area contributed by atoms with E-state index < -0.39 is 5.25 Å². The Hall–Kier alpha value is -2.18. The average Bonchev–Trinajstić information content (AvgIpc) is 2.62. The molecule has 7 heteroatoms. The van der Waals surface area contributed by atoms with Crippen LogP contribution in [0.3, 0.4) is 0 Å². The van der Waals surface area contributed by atoms with Crippen molar-refractivity contribution in [3.8, 4) is 5.75 Å². The highest BCUT2D eigenvalue weighted by Crippen LogP contribution is 2.22. The molecule has 2 aromatic carbocycles. The second-order valence-corrected chi connectivity index (χ2v) is 6.94. The molecule has 0 heterocycles. The minimum atomic E-state index is -0.391. The lowest BCUT2D eigenvalue weighted by Crippen LogP contribution is -2.25. The van der Waals surface area contributed by atoms with E-state index in [0.717, 1.165) is 5.75 Å². The Balaban J connectivity index is 1.80. The molecule has 2 amide bonds. The third-order valence-corrected chi connectivity index (χ3v) is 4.81. The number of hydrogen-bond acceptors (Lipinski definition) is 4. The molecule has 0 radical (unpaired) electrons. The molecule has 0 aromatic heterocycles. The predicted octanol–water partition coefficient (Wildman–Crippen LogP) is 4.05. The van der Waals surface area contributed by atoms with E-state index in [1.54, 1.807) is 62.6 Å². The van der Waals surface area contributed by atoms with Crippen molar-refractivity contribution in [1.29, 1.82) is 0 Å². The lowest BCUT2D eigenvalue weighted by Gasteiger charge is -2.13. The first-order valence-electron chi connectivity index (χ1n) is 7.60. The number of para-hydroxylation sites is 1. The predicted molar refractivity (Wildman–Crippen MR) is 104 cm³/mol. The van der Waals surface area contributed by atoms with E-state index in [1.165, 1.54) is 11.8 Å². The lowest BCUT2D eigenvalue weighted by atomic mass is 10.3. The van der Waals surface area contributed by atoms with Crippen LogP contribution in [-0.4, -0.2) is 29.9 Å². The van der Waals surface area contributed by atoms with Gasteiger partial charge in [0, 0.05) is 5.69 Å². The summed E-state index contributed by atoms with van der Waals surface area (Å²) in [6.45, 7) is 1.75. The minimum absolute atomic E-state index is 0.170. The number of nitrogens with one attached hydrogen (secondary N) is 2. The monoisotopic (exact) mass is 378 g/mol. The highest BCUT2D eigenvalue weighted by molar-refractivity contribution is 8.01. The fourth-order valence-corrected chi connectivity index (χ4v) is 2.81. The summed E-state index contributed by atoms with van der Waals surface area (Å²) in [7, 11) is 1.58. The molecule has 1 atom stereocenters. The number of amides is 2. The third-order valence-electron chi connectivity index (χ3n) is 3.34. The molecule has 132 valence electrons. The van der Waals surface area contributed by atoms with Gasteiger partial charge in [0.1, 0.15) is 5.75 Å². The Bertz CT molecular complexity index is 737. The number of thioether (sulfide) groups is 1. The van der Waals surface area contributed by atoms with Gasteiger partial charge in [0.25, 0.3) is 0 Å². The standard InChI is InChI=1S/C18H19ClN2O3S/c1-12(18(23)21-16-6-4-3-5-15(16)19)25-11-17(22)20-13-7-9-14(24-2)10-8-13/h3-10,12H,11H2,1-2H3,(H,20,22)(H,21,23)/t12-/m1/s1. The number of halogens is 1. The van der Waals surface area contributed by atoms with Crippen molar-refractivity contribution in [2.45, 2.75) is 12.2 Å². The Morgan fingerprint density at radius 1 is 1.12 bits per heavy atom. The van der Waals surface area contributed by atoms with Crippen LogP contribution in [0, 0.1) is 0 Å². The maximum atomic E-state index is 12.2. The zero-order chi connectivity index (χ0) is 18.2. The van der Waals surface area contributed by atoms with Gasteiger partial charge in [-0.3, -0.25) is 9.59 Å². The average molecular weight is 379 g/mol. The number of ether oxygens (including phenoxy) is 1. The molecule has 25 heavy (non-hydrogen) atoms. The number of rotatable bonds is 7. The fourth-order valence-electron chi connectivity index (χ4n) is 1.94. The molecule has 5 nitrogen and oxygen atoms in total. The normalized spacial score (nSPS) is 11.5. The quantitative estimate of drug-likeness (QED) is 0.762. The van der Waals surface area contributed by atoms with Crippen molar-refractivity contribution in [1.82, 2.24) is 0 Å². The van der Waals surface area contributed by atoms with Crippen LogP contribution in [0.4, 0.5) is 11.4 Å². The summed E-state index contributed by atoms with van der Waals surface area (Å²) in [4.78, 5) is 24.2. The van der Waals surface area contributed by atoms with Gasteiger partial charge < -0.3 is 15.4 Å². The van der Waals surface area contributed by atoms with Gasteiger partial charge in [-0.25, -0.2) is 0 Å². The highest BCUT2D eigenvalue weighted by Gasteiger charge is 2.16. The fraction of sp³-hybridized carbons (Fsp3) is 0.222. The smallest absolute Gasteiger partial charge is 0.237 e. The van der Waals surface area contributed by atoms with Crippen LogP contribution in [0.5, 0.6) is 5.75 Å². The van der Waals surface area contributed by atoms with Crippen molar-refractivity contribution >= 4 is 46.6 Å². The second kappa shape index (κ2) is 9.34. The molecular weight excluding hydrogens is 360 g/mol. The van der Waals surface area contributed by atoms with Gasteiger partial charge in [-0.15, -0.1) is 11.8 Å². The molecule has 2 aromatic rings. The summed E-state index contributed by atoms with van der Waals surface area (Å²) < 4.78 is 5.07. The van der Waals surface area contributed by atoms with Gasteiger partial charge in [-0.2, -0.15) is 0 Å². The Morgan fingerprint density at radius 3 is 2.44 bits per heavy atom. The highest BCUT2D eigenvalue weighted by atomic mass is 35.5. The Morgan fingerprint density at radius 2 is 1.80 bits per heavy atom. The first-order valence-corrected chi connectivity index (χ1v) is 9.03. The molecule has 2 N–H and O–H groups in total. The number of anilines is 2.